The van der Waals surface area contributed by atoms with Gasteiger partial charge in [-0.15, -0.1) is 0 Å². The molecule has 1 N–H and O–H groups in total. The zero-order valence-corrected chi connectivity index (χ0v) is 19.9. The van der Waals surface area contributed by atoms with Crippen molar-refractivity contribution in [3.63, 3.8) is 0 Å². The van der Waals surface area contributed by atoms with Gasteiger partial charge < -0.3 is 15.0 Å². The maximum Gasteiger partial charge on any atom is 0.243 e. The Morgan fingerprint density at radius 2 is 1.91 bits per heavy atom. The number of hydrogen-bond donors (Lipinski definition) is 1. The fourth-order valence-corrected chi connectivity index (χ4v) is 5.32. The van der Waals surface area contributed by atoms with Gasteiger partial charge in [0.05, 0.1) is 23.7 Å². The monoisotopic (exact) mass is 471 g/mol. The van der Waals surface area contributed by atoms with Crippen LogP contribution >= 0.6 is 0 Å². The van der Waals surface area contributed by atoms with Crippen LogP contribution in [0.4, 0.5) is 11.4 Å². The largest absolute Gasteiger partial charge is 0.492 e. The average molecular weight is 472 g/mol. The molecular formula is C24H29N3O5S. The zero-order valence-electron chi connectivity index (χ0n) is 19.1. The summed E-state index contributed by atoms with van der Waals surface area (Å²) < 4.78 is 32.8. The van der Waals surface area contributed by atoms with Gasteiger partial charge in [-0.2, -0.15) is 4.31 Å². The lowest BCUT2D eigenvalue weighted by molar-refractivity contribution is -0.120. The van der Waals surface area contributed by atoms with Crippen LogP contribution in [0.25, 0.3) is 0 Å². The Labute approximate surface area is 194 Å². The van der Waals surface area contributed by atoms with Gasteiger partial charge in [0, 0.05) is 24.7 Å². The Hall–Kier alpha value is -2.91. The molecule has 2 aromatic carbocycles. The predicted molar refractivity (Wildman–Crippen MR) is 126 cm³/mol. The number of carbonyl (C=O) groups excluding carboxylic acids is 2. The molecule has 2 amide bonds. The summed E-state index contributed by atoms with van der Waals surface area (Å²) in [5, 5.41) is 2.72. The summed E-state index contributed by atoms with van der Waals surface area (Å²) in [5.74, 6) is 0.276. The highest BCUT2D eigenvalue weighted by Crippen LogP contribution is 2.39. The van der Waals surface area contributed by atoms with E-state index in [1.165, 1.54) is 13.1 Å². The number of fused-ring (bicyclic) bond motifs is 1. The number of nitrogens with one attached hydrogen (secondary N) is 1. The number of ether oxygens (including phenoxy) is 1. The average Bonchev–Trinajstić information content (AvgIpc) is 3.56. The number of likely N-dealkylation sites (N-methyl/N-ethyl adjacent to an activating group) is 1. The molecule has 0 bridgehead atoms. The molecule has 33 heavy (non-hydrogen) atoms. The van der Waals surface area contributed by atoms with E-state index in [-0.39, 0.29) is 29.3 Å². The van der Waals surface area contributed by atoms with Crippen LogP contribution in [0.5, 0.6) is 5.75 Å². The third kappa shape index (κ3) is 4.74. The summed E-state index contributed by atoms with van der Waals surface area (Å²) in [5.41, 5.74) is 2.11. The summed E-state index contributed by atoms with van der Waals surface area (Å²) in [7, 11) is -2.51. The fourth-order valence-electron chi connectivity index (χ4n) is 4.14. The van der Waals surface area contributed by atoms with E-state index in [1.54, 1.807) is 41.3 Å². The van der Waals surface area contributed by atoms with E-state index in [2.05, 4.69) is 5.32 Å². The number of nitrogens with zero attached hydrogens (tertiary/aromatic N) is 2. The van der Waals surface area contributed by atoms with Gasteiger partial charge in [-0.1, -0.05) is 12.1 Å². The van der Waals surface area contributed by atoms with Gasteiger partial charge in [0.25, 0.3) is 0 Å². The van der Waals surface area contributed by atoms with Gasteiger partial charge in [0.15, 0.2) is 0 Å². The van der Waals surface area contributed by atoms with E-state index in [0.29, 0.717) is 24.5 Å². The molecule has 0 saturated heterocycles. The minimum atomic E-state index is -3.89. The fraction of sp³-hybridized carbons (Fsp3) is 0.417. The zero-order chi connectivity index (χ0) is 23.8. The van der Waals surface area contributed by atoms with Gasteiger partial charge >= 0.3 is 0 Å². The molecule has 1 heterocycles. The van der Waals surface area contributed by atoms with Crippen molar-refractivity contribution < 1.29 is 22.7 Å². The van der Waals surface area contributed by atoms with Crippen molar-refractivity contribution in [1.82, 2.24) is 4.31 Å². The van der Waals surface area contributed by atoms with Gasteiger partial charge in [0.1, 0.15) is 5.75 Å². The molecule has 1 saturated carbocycles. The molecule has 2 aliphatic rings. The number of sulfonamides is 1. The van der Waals surface area contributed by atoms with Gasteiger partial charge in [-0.05, 0) is 69.0 Å². The van der Waals surface area contributed by atoms with E-state index in [4.69, 9.17) is 4.74 Å². The smallest absolute Gasteiger partial charge is 0.243 e. The van der Waals surface area contributed by atoms with E-state index < -0.39 is 15.9 Å². The van der Waals surface area contributed by atoms with E-state index in [9.17, 15) is 18.0 Å². The maximum atomic E-state index is 13.1. The number of benzene rings is 2. The molecule has 0 spiro atoms. The first kappa shape index (κ1) is 23.3. The van der Waals surface area contributed by atoms with Gasteiger partial charge in [-0.25, -0.2) is 8.42 Å². The van der Waals surface area contributed by atoms with Crippen LogP contribution in [0.3, 0.4) is 0 Å². The number of hydrogen-bond acceptors (Lipinski definition) is 5. The summed E-state index contributed by atoms with van der Waals surface area (Å²) in [4.78, 5) is 27.1. The van der Waals surface area contributed by atoms with Crippen molar-refractivity contribution in [2.75, 3.05) is 30.4 Å². The molecule has 0 radical (unpaired) electrons. The third-order valence-corrected chi connectivity index (χ3v) is 7.77. The number of amides is 2. The molecule has 4 rings (SSSR count). The standard InChI is InChI=1S/C24H29N3O5S/c1-4-32-22-8-6-5-7-20(22)25-23(28)15-26(3)33(30,31)19-11-12-21-18(14-19)13-16(2)27(21)24(29)17-9-10-17/h5-8,11-12,14,16-17H,4,9-10,13,15H2,1-3H3,(H,25,28)/t16-/m0/s1. The maximum absolute atomic E-state index is 13.1. The lowest BCUT2D eigenvalue weighted by Gasteiger charge is -2.23. The lowest BCUT2D eigenvalue weighted by atomic mass is 10.1. The van der Waals surface area contributed by atoms with Gasteiger partial charge in [0.2, 0.25) is 21.8 Å². The van der Waals surface area contributed by atoms with Crippen molar-refractivity contribution in [1.29, 1.82) is 0 Å². The molecule has 8 nitrogen and oxygen atoms in total. The second-order valence-corrected chi connectivity index (χ2v) is 10.6. The summed E-state index contributed by atoms with van der Waals surface area (Å²) in [6.07, 6.45) is 2.45. The molecule has 0 unspecified atom stereocenters. The highest BCUT2D eigenvalue weighted by atomic mass is 32.2. The third-order valence-electron chi connectivity index (χ3n) is 5.97. The Morgan fingerprint density at radius 1 is 1.18 bits per heavy atom. The topological polar surface area (TPSA) is 96.0 Å². The van der Waals surface area contributed by atoms with Crippen LogP contribution in [0.1, 0.15) is 32.3 Å². The highest BCUT2D eigenvalue weighted by molar-refractivity contribution is 7.89. The van der Waals surface area contributed by atoms with Crippen molar-refractivity contribution in [2.24, 2.45) is 5.92 Å². The summed E-state index contributed by atoms with van der Waals surface area (Å²) >= 11 is 0. The van der Waals surface area contributed by atoms with Crippen molar-refractivity contribution >= 4 is 33.2 Å². The minimum absolute atomic E-state index is 0.0000284. The summed E-state index contributed by atoms with van der Waals surface area (Å²) in [6.45, 7) is 3.92. The van der Waals surface area contributed by atoms with Crippen molar-refractivity contribution in [3.05, 3.63) is 48.0 Å². The number of carbonyl (C=O) groups is 2. The minimum Gasteiger partial charge on any atom is -0.492 e. The SMILES string of the molecule is CCOc1ccccc1NC(=O)CN(C)S(=O)(=O)c1ccc2c(c1)C[C@H](C)N2C(=O)C1CC1. The van der Waals surface area contributed by atoms with Crippen LogP contribution in [0.15, 0.2) is 47.4 Å². The normalized spacial score (nSPS) is 17.7. The number of para-hydroxylation sites is 2. The quantitative estimate of drug-likeness (QED) is 0.639. The van der Waals surface area contributed by atoms with Crippen LogP contribution in [0.2, 0.25) is 0 Å². The van der Waals surface area contributed by atoms with Crippen molar-refractivity contribution in [2.45, 2.75) is 44.0 Å². The van der Waals surface area contributed by atoms with E-state index >= 15 is 0 Å². The van der Waals surface area contributed by atoms with Crippen molar-refractivity contribution in [3.8, 4) is 5.75 Å². The molecule has 1 aliphatic carbocycles. The van der Waals surface area contributed by atoms with Crippen LogP contribution < -0.4 is 15.0 Å². The van der Waals surface area contributed by atoms with Gasteiger partial charge in [-0.3, -0.25) is 9.59 Å². The van der Waals surface area contributed by atoms with E-state index in [0.717, 1.165) is 28.4 Å². The first-order valence-electron chi connectivity index (χ1n) is 11.2. The molecule has 1 aliphatic heterocycles. The highest BCUT2D eigenvalue weighted by Gasteiger charge is 2.40. The second kappa shape index (κ2) is 9.15. The number of anilines is 2. The predicted octanol–water partition coefficient (Wildman–Crippen LogP) is 3.03. The molecular weight excluding hydrogens is 442 g/mol. The van der Waals surface area contributed by atoms with Crippen LogP contribution in [-0.2, 0) is 26.0 Å². The molecule has 176 valence electrons. The molecule has 2 aromatic rings. The Morgan fingerprint density at radius 3 is 2.61 bits per heavy atom. The first-order chi connectivity index (χ1) is 15.7. The first-order valence-corrected chi connectivity index (χ1v) is 12.6. The lowest BCUT2D eigenvalue weighted by Crippen LogP contribution is -2.36. The molecule has 0 aromatic heterocycles. The Bertz CT molecular complexity index is 1180. The molecule has 1 fully saturated rings. The number of rotatable bonds is 8. The molecule has 9 heteroatoms. The van der Waals surface area contributed by atoms with Crippen LogP contribution in [-0.4, -0.2) is 50.8 Å². The Balaban J connectivity index is 1.48. The van der Waals surface area contributed by atoms with E-state index in [1.807, 2.05) is 13.8 Å². The van der Waals surface area contributed by atoms with Crippen LogP contribution in [0, 0.1) is 5.92 Å². The second-order valence-electron chi connectivity index (χ2n) is 8.56. The Kier molecular flexibility index (Phi) is 6.45. The molecule has 1 atom stereocenters. The summed E-state index contributed by atoms with van der Waals surface area (Å²) in [6, 6.07) is 11.8.